The van der Waals surface area contributed by atoms with Crippen LogP contribution >= 0.6 is 0 Å². The minimum Gasteiger partial charge on any atom is -0.489 e. The maximum Gasteiger partial charge on any atom is 0.222 e. The molecule has 1 unspecified atom stereocenters. The molecule has 1 aliphatic rings. The van der Waals surface area contributed by atoms with Gasteiger partial charge in [-0.25, -0.2) is 18.2 Å². The number of rotatable bonds is 5. The molecule has 6 heteroatoms. The molecule has 1 atom stereocenters. The summed E-state index contributed by atoms with van der Waals surface area (Å²) < 4.78 is 51.7. The molecule has 3 nitrogen and oxygen atoms in total. The van der Waals surface area contributed by atoms with E-state index in [1.807, 2.05) is 24.3 Å². The van der Waals surface area contributed by atoms with Crippen LogP contribution in [-0.4, -0.2) is 12.5 Å². The highest BCUT2D eigenvalue weighted by Crippen LogP contribution is 2.27. The molecule has 1 aliphatic heterocycles. The van der Waals surface area contributed by atoms with Gasteiger partial charge in [-0.2, -0.15) is 0 Å². The molecule has 0 saturated heterocycles. The van der Waals surface area contributed by atoms with Gasteiger partial charge in [-0.05, 0) is 47.5 Å². The fourth-order valence-corrected chi connectivity index (χ4v) is 2.92. The Bertz CT molecular complexity index is 981. The highest BCUT2D eigenvalue weighted by atomic mass is 19.1. The van der Waals surface area contributed by atoms with Crippen molar-refractivity contribution >= 4 is 5.90 Å². The van der Waals surface area contributed by atoms with Crippen LogP contribution < -0.4 is 4.74 Å². The van der Waals surface area contributed by atoms with Gasteiger partial charge >= 0.3 is 0 Å². The van der Waals surface area contributed by atoms with Gasteiger partial charge in [0.1, 0.15) is 48.0 Å². The Balaban J connectivity index is 1.44. The monoisotopic (exact) mass is 383 g/mol. The number of hydrogen-bond acceptors (Lipinski definition) is 3. The van der Waals surface area contributed by atoms with E-state index >= 15 is 0 Å². The summed E-state index contributed by atoms with van der Waals surface area (Å²) >= 11 is 0. The summed E-state index contributed by atoms with van der Waals surface area (Å²) in [6, 6.07) is 16.7. The number of ether oxygens (including phenoxy) is 2. The Labute approximate surface area is 160 Å². The molecule has 0 amide bonds. The highest BCUT2D eigenvalue weighted by Gasteiger charge is 2.26. The lowest BCUT2D eigenvalue weighted by atomic mass is 10.1. The molecule has 0 radical (unpaired) electrons. The minimum atomic E-state index is -0.701. The van der Waals surface area contributed by atoms with Crippen molar-refractivity contribution in [1.82, 2.24) is 0 Å². The van der Waals surface area contributed by atoms with Gasteiger partial charge in [0.25, 0.3) is 0 Å². The van der Waals surface area contributed by atoms with Crippen LogP contribution in [0.1, 0.15) is 22.7 Å². The van der Waals surface area contributed by atoms with Crippen LogP contribution in [0.15, 0.2) is 71.7 Å². The van der Waals surface area contributed by atoms with Gasteiger partial charge in [-0.1, -0.05) is 30.3 Å². The lowest BCUT2D eigenvalue weighted by Gasteiger charge is -2.09. The molecule has 0 bridgehead atoms. The van der Waals surface area contributed by atoms with E-state index in [1.54, 1.807) is 12.1 Å². The normalized spacial score (nSPS) is 15.8. The van der Waals surface area contributed by atoms with E-state index in [1.165, 1.54) is 30.3 Å². The zero-order chi connectivity index (χ0) is 19.5. The zero-order valence-electron chi connectivity index (χ0n) is 14.7. The molecular formula is C22H16F3NO2. The Morgan fingerprint density at radius 2 is 1.57 bits per heavy atom. The molecule has 0 N–H and O–H groups in total. The maximum absolute atomic E-state index is 13.9. The molecular weight excluding hydrogens is 367 g/mol. The highest BCUT2D eigenvalue weighted by molar-refractivity contribution is 5.95. The SMILES string of the molecule is Fc1ccc(OCc2ccc(C3COC(c4c(F)cccc4F)=N3)cc2)cc1. The third-order valence-corrected chi connectivity index (χ3v) is 4.41. The van der Waals surface area contributed by atoms with Crippen molar-refractivity contribution in [1.29, 1.82) is 0 Å². The largest absolute Gasteiger partial charge is 0.489 e. The third-order valence-electron chi connectivity index (χ3n) is 4.41. The Hall–Kier alpha value is -3.28. The first-order valence-electron chi connectivity index (χ1n) is 8.72. The Kier molecular flexibility index (Phi) is 5.02. The zero-order valence-corrected chi connectivity index (χ0v) is 14.7. The van der Waals surface area contributed by atoms with Gasteiger partial charge in [-0.3, -0.25) is 0 Å². The summed E-state index contributed by atoms with van der Waals surface area (Å²) in [6.07, 6.45) is 0. The van der Waals surface area contributed by atoms with E-state index in [0.29, 0.717) is 12.4 Å². The quantitative estimate of drug-likeness (QED) is 0.606. The summed E-state index contributed by atoms with van der Waals surface area (Å²) in [6.45, 7) is 0.552. The average molecular weight is 383 g/mol. The molecule has 3 aromatic carbocycles. The summed E-state index contributed by atoms with van der Waals surface area (Å²) in [5.74, 6) is -1.16. The number of aliphatic imine (C=N–C) groups is 1. The van der Waals surface area contributed by atoms with Crippen molar-refractivity contribution in [2.45, 2.75) is 12.6 Å². The molecule has 0 saturated carbocycles. The first-order chi connectivity index (χ1) is 13.6. The van der Waals surface area contributed by atoms with Crippen molar-refractivity contribution < 1.29 is 22.6 Å². The molecule has 4 rings (SSSR count). The van der Waals surface area contributed by atoms with E-state index in [9.17, 15) is 13.2 Å². The van der Waals surface area contributed by atoms with Gasteiger partial charge in [0, 0.05) is 0 Å². The molecule has 0 aromatic heterocycles. The van der Waals surface area contributed by atoms with Crippen molar-refractivity contribution in [2.75, 3.05) is 6.61 Å². The van der Waals surface area contributed by atoms with Crippen LogP contribution in [0.3, 0.4) is 0 Å². The minimum absolute atomic E-state index is 0.0238. The number of hydrogen-bond donors (Lipinski definition) is 0. The number of benzene rings is 3. The summed E-state index contributed by atoms with van der Waals surface area (Å²) in [5, 5.41) is 0. The molecule has 28 heavy (non-hydrogen) atoms. The summed E-state index contributed by atoms with van der Waals surface area (Å²) in [4.78, 5) is 4.33. The fraction of sp³-hybridized carbons (Fsp3) is 0.136. The second kappa shape index (κ2) is 7.76. The molecule has 142 valence electrons. The van der Waals surface area contributed by atoms with E-state index < -0.39 is 11.6 Å². The fourth-order valence-electron chi connectivity index (χ4n) is 2.92. The molecule has 3 aromatic rings. The number of halogens is 3. The van der Waals surface area contributed by atoms with Gasteiger partial charge in [0.15, 0.2) is 0 Å². The van der Waals surface area contributed by atoms with Gasteiger partial charge < -0.3 is 9.47 Å². The Morgan fingerprint density at radius 1 is 0.893 bits per heavy atom. The van der Waals surface area contributed by atoms with Crippen LogP contribution in [0.4, 0.5) is 13.2 Å². The standard InChI is InChI=1S/C22H16F3NO2/c23-16-8-10-17(11-9-16)27-12-14-4-6-15(7-5-14)20-13-28-22(26-20)21-18(24)2-1-3-19(21)25/h1-11,20H,12-13H2. The summed E-state index contributed by atoms with van der Waals surface area (Å²) in [7, 11) is 0. The second-order valence-electron chi connectivity index (χ2n) is 6.34. The lowest BCUT2D eigenvalue weighted by Crippen LogP contribution is -2.07. The topological polar surface area (TPSA) is 30.8 Å². The number of nitrogens with zero attached hydrogens (tertiary/aromatic N) is 1. The van der Waals surface area contributed by atoms with E-state index in [4.69, 9.17) is 9.47 Å². The maximum atomic E-state index is 13.9. The predicted molar refractivity (Wildman–Crippen MR) is 98.8 cm³/mol. The first-order valence-corrected chi connectivity index (χ1v) is 8.72. The van der Waals surface area contributed by atoms with Crippen molar-refractivity contribution in [2.24, 2.45) is 4.99 Å². The van der Waals surface area contributed by atoms with Crippen LogP contribution in [-0.2, 0) is 11.3 Å². The van der Waals surface area contributed by atoms with Gasteiger partial charge in [-0.15, -0.1) is 0 Å². The van der Waals surface area contributed by atoms with E-state index in [2.05, 4.69) is 4.99 Å². The molecule has 0 aliphatic carbocycles. The molecule has 0 spiro atoms. The van der Waals surface area contributed by atoms with Crippen LogP contribution in [0, 0.1) is 17.5 Å². The van der Waals surface area contributed by atoms with Crippen LogP contribution in [0.2, 0.25) is 0 Å². The van der Waals surface area contributed by atoms with Crippen LogP contribution in [0.25, 0.3) is 0 Å². The van der Waals surface area contributed by atoms with Gasteiger partial charge in [0.05, 0.1) is 0 Å². The first kappa shape index (κ1) is 18.1. The third kappa shape index (κ3) is 3.86. The predicted octanol–water partition coefficient (Wildman–Crippen LogP) is 5.20. The molecule has 1 heterocycles. The van der Waals surface area contributed by atoms with Gasteiger partial charge in [0.2, 0.25) is 5.90 Å². The lowest BCUT2D eigenvalue weighted by molar-refractivity contribution is 0.305. The van der Waals surface area contributed by atoms with E-state index in [-0.39, 0.29) is 29.9 Å². The van der Waals surface area contributed by atoms with Crippen molar-refractivity contribution in [3.8, 4) is 5.75 Å². The smallest absolute Gasteiger partial charge is 0.222 e. The van der Waals surface area contributed by atoms with E-state index in [0.717, 1.165) is 11.1 Å². The average Bonchev–Trinajstić information content (AvgIpc) is 3.17. The van der Waals surface area contributed by atoms with Crippen LogP contribution in [0.5, 0.6) is 5.75 Å². The second-order valence-corrected chi connectivity index (χ2v) is 6.34. The Morgan fingerprint density at radius 3 is 2.25 bits per heavy atom. The van der Waals surface area contributed by atoms with Crippen molar-refractivity contribution in [3.63, 3.8) is 0 Å². The van der Waals surface area contributed by atoms with Crippen molar-refractivity contribution in [3.05, 3.63) is 101 Å². The summed E-state index contributed by atoms with van der Waals surface area (Å²) in [5.41, 5.74) is 1.56. The molecule has 0 fully saturated rings.